The van der Waals surface area contributed by atoms with Crippen LogP contribution in [-0.2, 0) is 39.5 Å². The molecule has 9 nitrogen and oxygen atoms in total. The van der Waals surface area contributed by atoms with Gasteiger partial charge in [-0.1, -0.05) is 62.2 Å². The number of carboxylic acids is 1. The zero-order valence-corrected chi connectivity index (χ0v) is 31.9. The molecule has 1 N–H and O–H groups in total. The predicted molar refractivity (Wildman–Crippen MR) is 191 cm³/mol. The van der Waals surface area contributed by atoms with Gasteiger partial charge in [0.25, 0.3) is 0 Å². The van der Waals surface area contributed by atoms with Gasteiger partial charge < -0.3 is 14.7 Å². The lowest BCUT2D eigenvalue weighted by atomic mass is 9.84. The molecule has 3 aromatic carbocycles. The zero-order valence-electron chi connectivity index (χ0n) is 29.6. The average Bonchev–Trinajstić information content (AvgIpc) is 3.97. The Kier molecular flexibility index (Phi) is 11.9. The van der Waals surface area contributed by atoms with Crippen molar-refractivity contribution in [2.45, 2.75) is 69.1 Å². The Balaban J connectivity index is 1.70. The number of aromatic carboxylic acids is 1. The highest BCUT2D eigenvalue weighted by Crippen LogP contribution is 2.43. The Morgan fingerprint density at radius 1 is 0.945 bits per heavy atom. The van der Waals surface area contributed by atoms with Gasteiger partial charge >= 0.3 is 12.1 Å². The Morgan fingerprint density at radius 2 is 1.58 bits per heavy atom. The molecular weight excluding hydrogens is 799 g/mol. The van der Waals surface area contributed by atoms with Gasteiger partial charge in [0.15, 0.2) is 22.3 Å². The third-order valence-corrected chi connectivity index (χ3v) is 11.4. The van der Waals surface area contributed by atoms with E-state index in [2.05, 4.69) is 4.98 Å². The molecule has 0 unspecified atom stereocenters. The number of benzene rings is 3. The molecule has 18 heteroatoms. The van der Waals surface area contributed by atoms with Crippen LogP contribution in [0.25, 0.3) is 0 Å². The van der Waals surface area contributed by atoms with Crippen LogP contribution in [0.4, 0.5) is 32.0 Å². The van der Waals surface area contributed by atoms with E-state index in [1.54, 1.807) is 0 Å². The van der Waals surface area contributed by atoms with Gasteiger partial charge in [-0.15, -0.1) is 0 Å². The summed E-state index contributed by atoms with van der Waals surface area (Å²) in [6, 6.07) is 9.71. The molecule has 294 valence electrons. The van der Waals surface area contributed by atoms with Crippen molar-refractivity contribution < 1.29 is 54.2 Å². The second-order valence-electron chi connectivity index (χ2n) is 13.9. The zero-order chi connectivity index (χ0) is 40.8. The summed E-state index contributed by atoms with van der Waals surface area (Å²) in [6.45, 7) is 2.91. The second kappa shape index (κ2) is 15.6. The van der Waals surface area contributed by atoms with E-state index in [4.69, 9.17) is 27.9 Å². The highest BCUT2D eigenvalue weighted by molar-refractivity contribution is 7.89. The molecule has 55 heavy (non-hydrogen) atoms. The highest BCUT2D eigenvalue weighted by Gasteiger charge is 2.40. The number of amides is 1. The molecule has 0 spiro atoms. The Hall–Kier alpha value is -4.38. The molecule has 1 saturated carbocycles. The molecule has 4 aromatic rings. The quantitative estimate of drug-likeness (QED) is 0.0860. The molecule has 1 aliphatic rings. The fourth-order valence-corrected chi connectivity index (χ4v) is 7.88. The smallest absolute Gasteiger partial charge is 0.416 e. The van der Waals surface area contributed by atoms with Gasteiger partial charge in [-0.05, 0) is 70.7 Å². The van der Waals surface area contributed by atoms with Crippen LogP contribution in [-0.4, -0.2) is 48.3 Å². The van der Waals surface area contributed by atoms with Gasteiger partial charge in [-0.3, -0.25) is 9.78 Å². The van der Waals surface area contributed by atoms with E-state index in [0.717, 1.165) is 47.2 Å². The molecular formula is C37H33Cl2F6N3O6S. The van der Waals surface area contributed by atoms with E-state index in [-0.39, 0.29) is 39.2 Å². The minimum absolute atomic E-state index is 0.0555. The predicted octanol–water partition coefficient (Wildman–Crippen LogP) is 9.13. The Bertz CT molecular complexity index is 2250. The fraction of sp³-hybridized carbons (Fsp3) is 0.324. The van der Waals surface area contributed by atoms with Crippen LogP contribution in [0.1, 0.15) is 77.7 Å². The number of hydrogen-bond acceptors (Lipinski definition) is 6. The van der Waals surface area contributed by atoms with Crippen LogP contribution < -0.4 is 9.64 Å². The minimum Gasteiger partial charge on any atom is -0.495 e. The monoisotopic (exact) mass is 831 g/mol. The van der Waals surface area contributed by atoms with Crippen molar-refractivity contribution in [1.29, 1.82) is 0 Å². The van der Waals surface area contributed by atoms with Crippen molar-refractivity contribution in [2.24, 2.45) is 0 Å². The maximum Gasteiger partial charge on any atom is 0.416 e. The number of hydrogen-bond donors (Lipinski definition) is 1. The number of nitrogens with zero attached hydrogens (tertiary/aromatic N) is 3. The summed E-state index contributed by atoms with van der Waals surface area (Å²) < 4.78 is 121. The molecule has 1 fully saturated rings. The number of halogens is 8. The van der Waals surface area contributed by atoms with Crippen molar-refractivity contribution in [3.63, 3.8) is 0 Å². The lowest BCUT2D eigenvalue weighted by Gasteiger charge is -2.30. The third-order valence-electron chi connectivity index (χ3n) is 8.92. The number of ether oxygens (including phenoxy) is 1. The number of pyridine rings is 1. The summed E-state index contributed by atoms with van der Waals surface area (Å²) >= 11 is 11.2. The molecule has 1 aromatic heterocycles. The summed E-state index contributed by atoms with van der Waals surface area (Å²) in [5.74, 6) is -8.53. The topological polar surface area (TPSA) is 117 Å². The van der Waals surface area contributed by atoms with E-state index in [9.17, 15) is 40.7 Å². The van der Waals surface area contributed by atoms with Crippen LogP contribution in [0.15, 0.2) is 59.8 Å². The maximum atomic E-state index is 15.4. The van der Waals surface area contributed by atoms with E-state index in [1.165, 1.54) is 13.2 Å². The largest absolute Gasteiger partial charge is 0.495 e. The molecule has 0 aliphatic heterocycles. The standard InChI is InChI=1S/C37H33Cl2F6N3O6S/c1-36(2,3)24-12-19(11-22(13-24)20-5-6-20)16-48(26-8-7-21(35(50)51)14-27(26)54-4)28(49)18-47(17-23-15-46-10-9-25(23)37(43,44)45)55(52,53)34-32(41)29(38)31(40)30(39)33(34)42/h7-15,20H,5-6,16-18H2,1-4H3,(H,50,51). The molecule has 1 amide bonds. The number of carbonyl (C=O) groups excluding carboxylic acids is 1. The van der Waals surface area contributed by atoms with E-state index in [1.807, 2.05) is 39.0 Å². The SMILES string of the molecule is COc1cc(C(=O)O)ccc1N(Cc1cc(C2CC2)cc(C(C)(C)C)c1)C(=O)CN(Cc1cnccc1C(F)(F)F)S(=O)(=O)c1c(F)c(Cl)c(F)c(Cl)c1F. The third kappa shape index (κ3) is 8.87. The Morgan fingerprint density at radius 3 is 2.13 bits per heavy atom. The van der Waals surface area contributed by atoms with Gasteiger partial charge in [-0.2, -0.15) is 17.5 Å². The highest BCUT2D eigenvalue weighted by atomic mass is 35.5. The van der Waals surface area contributed by atoms with Crippen molar-refractivity contribution in [3.05, 3.63) is 116 Å². The number of methoxy groups -OCH3 is 1. The first-order chi connectivity index (χ1) is 25.6. The maximum absolute atomic E-state index is 15.4. The van der Waals surface area contributed by atoms with Crippen LogP contribution in [0.5, 0.6) is 5.75 Å². The minimum atomic E-state index is -5.74. The van der Waals surface area contributed by atoms with Crippen LogP contribution in [0.3, 0.4) is 0 Å². The molecule has 1 heterocycles. The number of sulfonamides is 1. The van der Waals surface area contributed by atoms with Crippen molar-refractivity contribution in [2.75, 3.05) is 18.6 Å². The summed E-state index contributed by atoms with van der Waals surface area (Å²) in [5, 5.41) is 6.56. The lowest BCUT2D eigenvalue weighted by molar-refractivity contribution is -0.138. The number of aromatic nitrogens is 1. The van der Waals surface area contributed by atoms with E-state index >= 15 is 8.78 Å². The number of alkyl halides is 3. The van der Waals surface area contributed by atoms with Crippen LogP contribution in [0, 0.1) is 17.5 Å². The first kappa shape index (κ1) is 41.8. The van der Waals surface area contributed by atoms with E-state index < -0.39 is 84.7 Å². The van der Waals surface area contributed by atoms with Crippen LogP contribution >= 0.6 is 23.2 Å². The van der Waals surface area contributed by atoms with Gasteiger partial charge in [0.1, 0.15) is 15.8 Å². The number of anilines is 1. The first-order valence-electron chi connectivity index (χ1n) is 16.4. The van der Waals surface area contributed by atoms with E-state index in [0.29, 0.717) is 17.8 Å². The Labute approximate surface area is 322 Å². The van der Waals surface area contributed by atoms with Crippen molar-refractivity contribution in [3.8, 4) is 5.75 Å². The molecule has 0 atom stereocenters. The number of carbonyl (C=O) groups is 2. The molecule has 0 bridgehead atoms. The first-order valence-corrected chi connectivity index (χ1v) is 18.6. The summed E-state index contributed by atoms with van der Waals surface area (Å²) in [4.78, 5) is 29.1. The van der Waals surface area contributed by atoms with Gasteiger partial charge in [0.2, 0.25) is 15.9 Å². The second-order valence-corrected chi connectivity index (χ2v) is 16.5. The molecule has 0 saturated heterocycles. The lowest BCUT2D eigenvalue weighted by Crippen LogP contribution is -2.43. The summed E-state index contributed by atoms with van der Waals surface area (Å²) in [6.07, 6.45) is -1.78. The van der Waals surface area contributed by atoms with Gasteiger partial charge in [0, 0.05) is 18.9 Å². The average molecular weight is 833 g/mol. The van der Waals surface area contributed by atoms with Gasteiger partial charge in [-0.25, -0.2) is 26.4 Å². The molecule has 5 rings (SSSR count). The number of carboxylic acid groups (broad SMARTS) is 1. The van der Waals surface area contributed by atoms with Crippen molar-refractivity contribution in [1.82, 2.24) is 9.29 Å². The molecule has 0 radical (unpaired) electrons. The normalized spacial score (nSPS) is 13.6. The van der Waals surface area contributed by atoms with Gasteiger partial charge in [0.05, 0.1) is 37.0 Å². The summed E-state index contributed by atoms with van der Waals surface area (Å²) in [7, 11) is -4.56. The summed E-state index contributed by atoms with van der Waals surface area (Å²) in [5.41, 5.74) is -0.465. The van der Waals surface area contributed by atoms with Crippen LogP contribution in [0.2, 0.25) is 10.0 Å². The van der Waals surface area contributed by atoms with Crippen molar-refractivity contribution >= 4 is 50.8 Å². The molecule has 1 aliphatic carbocycles. The number of rotatable bonds is 12. The fourth-order valence-electron chi connectivity index (χ4n) is 5.84.